The van der Waals surface area contributed by atoms with Crippen LogP contribution in [0.5, 0.6) is 5.75 Å². The molecule has 1 heterocycles. The molecule has 5 heteroatoms. The molecule has 1 N–H and O–H groups in total. The molecular weight excluding hydrogens is 298 g/mol. The van der Waals surface area contributed by atoms with Crippen LogP contribution < -0.4 is 10.1 Å². The van der Waals surface area contributed by atoms with Crippen LogP contribution in [-0.2, 0) is 10.5 Å². The molecule has 0 aliphatic carbocycles. The molecule has 1 amide bonds. The highest BCUT2D eigenvalue weighted by molar-refractivity contribution is 7.98. The molecule has 0 saturated heterocycles. The number of para-hydroxylation sites is 1. The molecule has 1 aromatic heterocycles. The van der Waals surface area contributed by atoms with Gasteiger partial charge < -0.3 is 14.5 Å². The van der Waals surface area contributed by atoms with Crippen LogP contribution in [0.1, 0.15) is 18.2 Å². The van der Waals surface area contributed by atoms with E-state index in [0.717, 1.165) is 28.6 Å². The zero-order valence-electron chi connectivity index (χ0n) is 12.9. The highest BCUT2D eigenvalue weighted by Crippen LogP contribution is 2.17. The maximum atomic E-state index is 12.0. The van der Waals surface area contributed by atoms with E-state index in [1.165, 1.54) is 0 Å². The van der Waals surface area contributed by atoms with Gasteiger partial charge in [-0.2, -0.15) is 11.8 Å². The van der Waals surface area contributed by atoms with Crippen molar-refractivity contribution in [2.24, 2.45) is 0 Å². The number of hydrogen-bond donors (Lipinski definition) is 1. The fourth-order valence-corrected chi connectivity index (χ4v) is 2.65. The Labute approximate surface area is 135 Å². The fourth-order valence-electron chi connectivity index (χ4n) is 1.89. The first kappa shape index (κ1) is 16.5. The lowest BCUT2D eigenvalue weighted by molar-refractivity contribution is -0.127. The van der Waals surface area contributed by atoms with Crippen molar-refractivity contribution in [1.82, 2.24) is 5.32 Å². The number of aryl methyl sites for hydroxylation is 1. The first-order valence-corrected chi connectivity index (χ1v) is 8.42. The van der Waals surface area contributed by atoms with Crippen LogP contribution in [-0.4, -0.2) is 24.3 Å². The number of rotatable bonds is 8. The second-order valence-electron chi connectivity index (χ2n) is 4.95. The van der Waals surface area contributed by atoms with Gasteiger partial charge in [-0.1, -0.05) is 18.2 Å². The van der Waals surface area contributed by atoms with Gasteiger partial charge >= 0.3 is 0 Å². The van der Waals surface area contributed by atoms with Gasteiger partial charge in [0.2, 0.25) is 0 Å². The molecular formula is C17H21NO3S. The number of nitrogens with one attached hydrogen (secondary N) is 1. The van der Waals surface area contributed by atoms with E-state index in [9.17, 15) is 4.79 Å². The highest BCUT2D eigenvalue weighted by atomic mass is 32.2. The molecule has 2 rings (SSSR count). The van der Waals surface area contributed by atoms with Gasteiger partial charge in [0.15, 0.2) is 6.10 Å². The van der Waals surface area contributed by atoms with Crippen molar-refractivity contribution in [3.05, 3.63) is 54.0 Å². The lowest BCUT2D eigenvalue weighted by Gasteiger charge is -2.16. The van der Waals surface area contributed by atoms with Crippen LogP contribution in [0.4, 0.5) is 0 Å². The zero-order chi connectivity index (χ0) is 15.8. The molecule has 0 bridgehead atoms. The smallest absolute Gasteiger partial charge is 0.260 e. The van der Waals surface area contributed by atoms with Crippen LogP contribution in [0.15, 0.2) is 47.1 Å². The fraction of sp³-hybridized carbons (Fsp3) is 0.353. The number of carbonyl (C=O) groups excluding carboxylic acids is 1. The molecule has 118 valence electrons. The molecule has 0 aliphatic heterocycles. The van der Waals surface area contributed by atoms with Gasteiger partial charge in [-0.3, -0.25) is 4.79 Å². The van der Waals surface area contributed by atoms with Crippen LogP contribution in [0, 0.1) is 6.92 Å². The Kier molecular flexibility index (Phi) is 6.40. The largest absolute Gasteiger partial charge is 0.481 e. The average molecular weight is 319 g/mol. The molecule has 0 radical (unpaired) electrons. The average Bonchev–Trinajstić information content (AvgIpc) is 3.02. The summed E-state index contributed by atoms with van der Waals surface area (Å²) in [5, 5.41) is 2.89. The minimum atomic E-state index is -0.504. The topological polar surface area (TPSA) is 51.5 Å². The predicted molar refractivity (Wildman–Crippen MR) is 89.1 cm³/mol. The van der Waals surface area contributed by atoms with E-state index >= 15 is 0 Å². The molecule has 4 nitrogen and oxygen atoms in total. The maximum absolute atomic E-state index is 12.0. The maximum Gasteiger partial charge on any atom is 0.260 e. The molecule has 22 heavy (non-hydrogen) atoms. The number of ether oxygens (including phenoxy) is 1. The molecule has 1 atom stereocenters. The Morgan fingerprint density at radius 1 is 1.32 bits per heavy atom. The summed E-state index contributed by atoms with van der Waals surface area (Å²) in [6.07, 6.45) is 1.17. The van der Waals surface area contributed by atoms with Crippen LogP contribution in [0.3, 0.4) is 0 Å². The Hall–Kier alpha value is -1.88. The Balaban J connectivity index is 1.65. The van der Waals surface area contributed by atoms with Gasteiger partial charge in [0.05, 0.1) is 12.0 Å². The summed E-state index contributed by atoms with van der Waals surface area (Å²) in [5.74, 6) is 3.26. The first-order chi connectivity index (χ1) is 10.7. The van der Waals surface area contributed by atoms with Gasteiger partial charge in [-0.15, -0.1) is 0 Å². The first-order valence-electron chi connectivity index (χ1n) is 7.27. The van der Waals surface area contributed by atoms with Crippen molar-refractivity contribution in [3.8, 4) is 5.75 Å². The lowest BCUT2D eigenvalue weighted by atomic mass is 10.2. The standard InChI is InChI=1S/C17H21NO3S/c1-13-6-3-4-8-16(13)21-14(2)17(19)18-9-11-22-12-15-7-5-10-20-15/h3-8,10,14H,9,11-12H2,1-2H3,(H,18,19)/t14-/m0/s1. The summed E-state index contributed by atoms with van der Waals surface area (Å²) >= 11 is 1.72. The molecule has 0 aliphatic rings. The summed E-state index contributed by atoms with van der Waals surface area (Å²) in [4.78, 5) is 12.0. The van der Waals surface area contributed by atoms with E-state index in [-0.39, 0.29) is 5.91 Å². The van der Waals surface area contributed by atoms with Crippen LogP contribution in [0.25, 0.3) is 0 Å². The van der Waals surface area contributed by atoms with E-state index in [2.05, 4.69) is 5.32 Å². The van der Waals surface area contributed by atoms with Crippen molar-refractivity contribution in [2.75, 3.05) is 12.3 Å². The van der Waals surface area contributed by atoms with E-state index in [1.807, 2.05) is 43.3 Å². The molecule has 0 saturated carbocycles. The summed E-state index contributed by atoms with van der Waals surface area (Å²) in [7, 11) is 0. The van der Waals surface area contributed by atoms with Gasteiger partial charge in [-0.05, 0) is 37.6 Å². The van der Waals surface area contributed by atoms with Gasteiger partial charge in [-0.25, -0.2) is 0 Å². The number of furan rings is 1. The Morgan fingerprint density at radius 2 is 2.14 bits per heavy atom. The molecule has 2 aromatic rings. The minimum absolute atomic E-state index is 0.0955. The third-order valence-electron chi connectivity index (χ3n) is 3.14. The third-order valence-corrected chi connectivity index (χ3v) is 4.12. The van der Waals surface area contributed by atoms with Crippen molar-refractivity contribution in [3.63, 3.8) is 0 Å². The SMILES string of the molecule is Cc1ccccc1O[C@@H](C)C(=O)NCCSCc1ccco1. The van der Waals surface area contributed by atoms with Crippen LogP contribution >= 0.6 is 11.8 Å². The number of hydrogen-bond acceptors (Lipinski definition) is 4. The minimum Gasteiger partial charge on any atom is -0.481 e. The molecule has 0 unspecified atom stereocenters. The van der Waals surface area contributed by atoms with Crippen molar-refractivity contribution in [2.45, 2.75) is 25.7 Å². The summed E-state index contributed by atoms with van der Waals surface area (Å²) in [5.41, 5.74) is 1.02. The van der Waals surface area contributed by atoms with Crippen LogP contribution in [0.2, 0.25) is 0 Å². The summed E-state index contributed by atoms with van der Waals surface area (Å²) in [6.45, 7) is 4.34. The van der Waals surface area contributed by atoms with E-state index < -0.39 is 6.10 Å². The van der Waals surface area contributed by atoms with E-state index in [0.29, 0.717) is 6.54 Å². The normalized spacial score (nSPS) is 11.9. The number of thioether (sulfide) groups is 1. The predicted octanol–water partition coefficient (Wildman–Crippen LogP) is 3.40. The van der Waals surface area contributed by atoms with Gasteiger partial charge in [0.25, 0.3) is 5.91 Å². The molecule has 1 aromatic carbocycles. The Morgan fingerprint density at radius 3 is 2.86 bits per heavy atom. The number of amides is 1. The lowest BCUT2D eigenvalue weighted by Crippen LogP contribution is -2.37. The molecule has 0 spiro atoms. The Bertz CT molecular complexity index is 583. The second kappa shape index (κ2) is 8.54. The number of benzene rings is 1. The monoisotopic (exact) mass is 319 g/mol. The van der Waals surface area contributed by atoms with Gasteiger partial charge in [0, 0.05) is 12.3 Å². The van der Waals surface area contributed by atoms with Gasteiger partial charge in [0.1, 0.15) is 11.5 Å². The quantitative estimate of drug-likeness (QED) is 0.758. The van der Waals surface area contributed by atoms with E-state index in [1.54, 1.807) is 24.9 Å². The summed E-state index contributed by atoms with van der Waals surface area (Å²) < 4.78 is 10.9. The number of carbonyl (C=O) groups is 1. The van der Waals surface area contributed by atoms with Crippen molar-refractivity contribution >= 4 is 17.7 Å². The van der Waals surface area contributed by atoms with Crippen molar-refractivity contribution < 1.29 is 13.9 Å². The highest BCUT2D eigenvalue weighted by Gasteiger charge is 2.14. The second-order valence-corrected chi connectivity index (χ2v) is 6.05. The molecule has 0 fully saturated rings. The van der Waals surface area contributed by atoms with Crippen molar-refractivity contribution in [1.29, 1.82) is 0 Å². The third kappa shape index (κ3) is 5.15. The zero-order valence-corrected chi connectivity index (χ0v) is 13.7. The summed E-state index contributed by atoms with van der Waals surface area (Å²) in [6, 6.07) is 11.5. The van der Waals surface area contributed by atoms with E-state index in [4.69, 9.17) is 9.15 Å².